The minimum absolute atomic E-state index is 0.701. The summed E-state index contributed by atoms with van der Waals surface area (Å²) in [4.78, 5) is 10.4. The van der Waals surface area contributed by atoms with Gasteiger partial charge in [0.1, 0.15) is 5.82 Å². The van der Waals surface area contributed by atoms with Gasteiger partial charge >= 0.3 is 0 Å². The van der Waals surface area contributed by atoms with Gasteiger partial charge in [-0.15, -0.1) is 0 Å². The third kappa shape index (κ3) is 4.74. The van der Waals surface area contributed by atoms with Crippen molar-refractivity contribution in [1.82, 2.24) is 15.3 Å². The first-order chi connectivity index (χ1) is 7.20. The quantitative estimate of drug-likeness (QED) is 0.712. The molecule has 0 radical (unpaired) electrons. The van der Waals surface area contributed by atoms with E-state index in [0.717, 1.165) is 25.5 Å². The first kappa shape index (κ1) is 11.9. The highest BCUT2D eigenvalue weighted by molar-refractivity contribution is 5.33. The van der Waals surface area contributed by atoms with Crippen LogP contribution in [0.4, 0.5) is 5.82 Å². The summed E-state index contributed by atoms with van der Waals surface area (Å²) in [6, 6.07) is 0. The standard InChI is InChI=1S/C11H20N4/c1-10(2)8-13-6-7-15(3)11-9-12-4-5-14-11/h4-5,9-10,13H,6-8H2,1-3H3. The average Bonchev–Trinajstić information content (AvgIpc) is 2.25. The molecule has 1 aromatic heterocycles. The molecule has 0 bridgehead atoms. The summed E-state index contributed by atoms with van der Waals surface area (Å²) in [6.07, 6.45) is 5.18. The van der Waals surface area contributed by atoms with Gasteiger partial charge in [-0.1, -0.05) is 13.8 Å². The number of likely N-dealkylation sites (N-methyl/N-ethyl adjacent to an activating group) is 1. The lowest BCUT2D eigenvalue weighted by atomic mass is 10.2. The molecule has 0 fully saturated rings. The van der Waals surface area contributed by atoms with Crippen LogP contribution in [-0.2, 0) is 0 Å². The number of nitrogens with one attached hydrogen (secondary N) is 1. The zero-order valence-electron chi connectivity index (χ0n) is 9.77. The highest BCUT2D eigenvalue weighted by Crippen LogP contribution is 2.02. The first-order valence-electron chi connectivity index (χ1n) is 5.38. The van der Waals surface area contributed by atoms with Crippen molar-refractivity contribution in [3.63, 3.8) is 0 Å². The van der Waals surface area contributed by atoms with Crippen LogP contribution >= 0.6 is 0 Å². The van der Waals surface area contributed by atoms with Crippen LogP contribution < -0.4 is 10.2 Å². The number of hydrogen-bond acceptors (Lipinski definition) is 4. The molecule has 4 nitrogen and oxygen atoms in total. The topological polar surface area (TPSA) is 41.0 Å². The molecule has 15 heavy (non-hydrogen) atoms. The van der Waals surface area contributed by atoms with Gasteiger partial charge in [-0.05, 0) is 12.5 Å². The maximum absolute atomic E-state index is 4.23. The third-order valence-electron chi connectivity index (χ3n) is 2.12. The molecule has 0 saturated heterocycles. The van der Waals surface area contributed by atoms with Crippen LogP contribution in [0, 0.1) is 5.92 Å². The Morgan fingerprint density at radius 3 is 2.80 bits per heavy atom. The lowest BCUT2D eigenvalue weighted by molar-refractivity contribution is 0.554. The molecule has 0 amide bonds. The highest BCUT2D eigenvalue weighted by Gasteiger charge is 2.00. The Kier molecular flexibility index (Phi) is 5.04. The Morgan fingerprint density at radius 2 is 2.20 bits per heavy atom. The summed E-state index contributed by atoms with van der Waals surface area (Å²) in [7, 11) is 2.03. The van der Waals surface area contributed by atoms with E-state index in [1.54, 1.807) is 18.6 Å². The number of rotatable bonds is 6. The molecule has 0 aliphatic carbocycles. The average molecular weight is 208 g/mol. The first-order valence-corrected chi connectivity index (χ1v) is 5.38. The van der Waals surface area contributed by atoms with Gasteiger partial charge in [-0.3, -0.25) is 4.98 Å². The predicted octanol–water partition coefficient (Wildman–Crippen LogP) is 1.16. The largest absolute Gasteiger partial charge is 0.357 e. The van der Waals surface area contributed by atoms with E-state index in [9.17, 15) is 0 Å². The van der Waals surface area contributed by atoms with Crippen molar-refractivity contribution < 1.29 is 0 Å². The van der Waals surface area contributed by atoms with Crippen LogP contribution in [0.15, 0.2) is 18.6 Å². The summed E-state index contributed by atoms with van der Waals surface area (Å²) < 4.78 is 0. The molecule has 84 valence electrons. The second-order valence-electron chi connectivity index (χ2n) is 4.08. The van der Waals surface area contributed by atoms with Crippen LogP contribution in [0.3, 0.4) is 0 Å². The minimum atomic E-state index is 0.701. The molecule has 1 N–H and O–H groups in total. The van der Waals surface area contributed by atoms with E-state index in [4.69, 9.17) is 0 Å². The van der Waals surface area contributed by atoms with Gasteiger partial charge in [0.05, 0.1) is 6.20 Å². The van der Waals surface area contributed by atoms with Crippen molar-refractivity contribution in [2.75, 3.05) is 31.6 Å². The molecule has 0 aliphatic rings. The monoisotopic (exact) mass is 208 g/mol. The van der Waals surface area contributed by atoms with Crippen LogP contribution in [-0.4, -0.2) is 36.6 Å². The van der Waals surface area contributed by atoms with Gasteiger partial charge < -0.3 is 10.2 Å². The fourth-order valence-electron chi connectivity index (χ4n) is 1.24. The normalized spacial score (nSPS) is 10.7. The second-order valence-corrected chi connectivity index (χ2v) is 4.08. The minimum Gasteiger partial charge on any atom is -0.357 e. The lowest BCUT2D eigenvalue weighted by Gasteiger charge is -2.18. The number of aromatic nitrogens is 2. The summed E-state index contributed by atoms with van der Waals surface area (Å²) in [5, 5.41) is 3.40. The molecule has 4 heteroatoms. The van der Waals surface area contributed by atoms with E-state index in [1.165, 1.54) is 0 Å². The summed E-state index contributed by atoms with van der Waals surface area (Å²) >= 11 is 0. The fourth-order valence-corrected chi connectivity index (χ4v) is 1.24. The van der Waals surface area contributed by atoms with E-state index < -0.39 is 0 Å². The maximum Gasteiger partial charge on any atom is 0.146 e. The van der Waals surface area contributed by atoms with Crippen molar-refractivity contribution in [3.05, 3.63) is 18.6 Å². The second kappa shape index (κ2) is 6.35. The van der Waals surface area contributed by atoms with E-state index in [2.05, 4.69) is 34.0 Å². The molecular formula is C11H20N4. The Hall–Kier alpha value is -1.16. The fraction of sp³-hybridized carbons (Fsp3) is 0.636. The van der Waals surface area contributed by atoms with E-state index >= 15 is 0 Å². The van der Waals surface area contributed by atoms with E-state index in [1.807, 2.05) is 7.05 Å². The molecule has 0 aliphatic heterocycles. The van der Waals surface area contributed by atoms with Crippen molar-refractivity contribution in [3.8, 4) is 0 Å². The van der Waals surface area contributed by atoms with Crippen LogP contribution in [0.2, 0.25) is 0 Å². The molecule has 0 unspecified atom stereocenters. The smallest absolute Gasteiger partial charge is 0.146 e. The third-order valence-corrected chi connectivity index (χ3v) is 2.12. The number of anilines is 1. The van der Waals surface area contributed by atoms with Crippen molar-refractivity contribution >= 4 is 5.82 Å². The SMILES string of the molecule is CC(C)CNCCN(C)c1cnccn1. The van der Waals surface area contributed by atoms with Crippen LogP contribution in [0.5, 0.6) is 0 Å². The molecular weight excluding hydrogens is 188 g/mol. The van der Waals surface area contributed by atoms with Crippen LogP contribution in [0.25, 0.3) is 0 Å². The Morgan fingerprint density at radius 1 is 1.40 bits per heavy atom. The predicted molar refractivity (Wildman–Crippen MR) is 63.0 cm³/mol. The Bertz CT molecular complexity index is 261. The van der Waals surface area contributed by atoms with Gasteiger partial charge in [-0.25, -0.2) is 4.98 Å². The van der Waals surface area contributed by atoms with Gasteiger partial charge in [0.15, 0.2) is 0 Å². The van der Waals surface area contributed by atoms with Gasteiger partial charge in [0.25, 0.3) is 0 Å². The zero-order chi connectivity index (χ0) is 11.1. The summed E-state index contributed by atoms with van der Waals surface area (Å²) in [5.74, 6) is 1.62. The molecule has 0 saturated carbocycles. The number of nitrogens with zero attached hydrogens (tertiary/aromatic N) is 3. The molecule has 1 rings (SSSR count). The van der Waals surface area contributed by atoms with Crippen molar-refractivity contribution in [2.45, 2.75) is 13.8 Å². The molecule has 0 atom stereocenters. The molecule has 1 heterocycles. The maximum atomic E-state index is 4.23. The Balaban J connectivity index is 2.22. The summed E-state index contributed by atoms with van der Waals surface area (Å²) in [6.45, 7) is 7.41. The molecule has 0 aromatic carbocycles. The molecule has 1 aromatic rings. The van der Waals surface area contributed by atoms with E-state index in [0.29, 0.717) is 5.92 Å². The van der Waals surface area contributed by atoms with Crippen LogP contribution in [0.1, 0.15) is 13.8 Å². The van der Waals surface area contributed by atoms with E-state index in [-0.39, 0.29) is 0 Å². The van der Waals surface area contributed by atoms with Crippen molar-refractivity contribution in [2.24, 2.45) is 5.92 Å². The summed E-state index contributed by atoms with van der Waals surface area (Å²) in [5.41, 5.74) is 0. The molecule has 0 spiro atoms. The Labute approximate surface area is 91.7 Å². The van der Waals surface area contributed by atoms with Gasteiger partial charge in [0, 0.05) is 32.5 Å². The van der Waals surface area contributed by atoms with Crippen molar-refractivity contribution in [1.29, 1.82) is 0 Å². The zero-order valence-corrected chi connectivity index (χ0v) is 9.77. The number of hydrogen-bond donors (Lipinski definition) is 1. The highest BCUT2D eigenvalue weighted by atomic mass is 15.2. The lowest BCUT2D eigenvalue weighted by Crippen LogP contribution is -2.31. The van der Waals surface area contributed by atoms with Gasteiger partial charge in [-0.2, -0.15) is 0 Å². The van der Waals surface area contributed by atoms with Gasteiger partial charge in [0.2, 0.25) is 0 Å².